The Morgan fingerprint density at radius 2 is 2.29 bits per heavy atom. The van der Waals surface area contributed by atoms with Crippen molar-refractivity contribution in [3.05, 3.63) is 0 Å². The lowest BCUT2D eigenvalue weighted by Crippen LogP contribution is -1.88. The summed E-state index contributed by atoms with van der Waals surface area (Å²) in [4.78, 5) is 0. The smallest absolute Gasteiger partial charge is 0.00587 e. The quantitative estimate of drug-likeness (QED) is 0.424. The van der Waals surface area contributed by atoms with Gasteiger partial charge >= 0.3 is 0 Å². The van der Waals surface area contributed by atoms with Gasteiger partial charge < -0.3 is 0 Å². The van der Waals surface area contributed by atoms with E-state index in [-0.39, 0.29) is 0 Å². The lowest BCUT2D eigenvalue weighted by molar-refractivity contribution is 0.791. The van der Waals surface area contributed by atoms with Gasteiger partial charge in [-0.05, 0) is 17.5 Å². The highest BCUT2D eigenvalue weighted by atomic mass is 32.1. The van der Waals surface area contributed by atoms with Gasteiger partial charge in [0.1, 0.15) is 0 Å². The third kappa shape index (κ3) is 4.07. The number of thiol groups is 1. The van der Waals surface area contributed by atoms with Crippen LogP contribution in [0.25, 0.3) is 0 Å². The molecule has 0 amide bonds. The summed E-state index contributed by atoms with van der Waals surface area (Å²) in [6, 6.07) is 0. The average Bonchev–Trinajstić information content (AvgIpc) is 1.68. The fourth-order valence-electron chi connectivity index (χ4n) is 0.492. The molecule has 0 bridgehead atoms. The Kier molecular flexibility index (Phi) is 4.52. The largest absolute Gasteiger partial charge is 0.197 e. The minimum atomic E-state index is 0.699. The fourth-order valence-corrected chi connectivity index (χ4v) is 0.900. The van der Waals surface area contributed by atoms with Crippen LogP contribution in [0.5, 0.6) is 0 Å². The Morgan fingerprint density at radius 1 is 1.71 bits per heavy atom. The second-order valence-electron chi connectivity index (χ2n) is 1.79. The van der Waals surface area contributed by atoms with Crippen LogP contribution in [0.2, 0.25) is 0 Å². The lowest BCUT2D eigenvalue weighted by Gasteiger charge is -1.98. The van der Waals surface area contributed by atoms with E-state index in [9.17, 15) is 0 Å². The summed E-state index contributed by atoms with van der Waals surface area (Å²) in [5, 5.41) is 0.699. The van der Waals surface area contributed by atoms with Gasteiger partial charge in [-0.15, -0.1) is 0 Å². The highest BCUT2D eigenvalue weighted by Crippen LogP contribution is 2.04. The normalized spacial score (nSPS) is 14.0. The van der Waals surface area contributed by atoms with Crippen LogP contribution in [0.4, 0.5) is 0 Å². The first-order valence-corrected chi connectivity index (χ1v) is 3.74. The third-order valence-corrected chi connectivity index (χ3v) is 1.73. The molecular weight excluding hydrogens is 104 g/mol. The van der Waals surface area contributed by atoms with E-state index in [1.165, 1.54) is 12.8 Å². The van der Waals surface area contributed by atoms with Gasteiger partial charge in [-0.2, -0.15) is 11.4 Å². The van der Waals surface area contributed by atoms with Crippen LogP contribution >= 0.6 is 11.4 Å². The molecule has 1 unspecified atom stereocenters. The molecule has 0 fully saturated rings. The van der Waals surface area contributed by atoms with Gasteiger partial charge in [0, 0.05) is 0 Å². The molecule has 0 aromatic rings. The first-order valence-electron chi connectivity index (χ1n) is 2.71. The maximum Gasteiger partial charge on any atom is -0.00587 e. The molecule has 0 rings (SSSR count). The van der Waals surface area contributed by atoms with Gasteiger partial charge in [0.05, 0.1) is 0 Å². The molecule has 43 valence electrons. The van der Waals surface area contributed by atoms with E-state index < -0.39 is 0 Å². The van der Waals surface area contributed by atoms with Crippen molar-refractivity contribution in [2.45, 2.75) is 31.9 Å². The summed E-state index contributed by atoms with van der Waals surface area (Å²) in [5.41, 5.74) is 0. The summed E-state index contributed by atoms with van der Waals surface area (Å²) in [7, 11) is 0. The van der Waals surface area contributed by atoms with Gasteiger partial charge in [-0.3, -0.25) is 0 Å². The van der Waals surface area contributed by atoms with Crippen molar-refractivity contribution in [2.75, 3.05) is 0 Å². The first kappa shape index (κ1) is 7.22. The average molecular weight is 117 g/mol. The van der Waals surface area contributed by atoms with E-state index in [0.29, 0.717) is 5.25 Å². The van der Waals surface area contributed by atoms with E-state index in [4.69, 9.17) is 5.87 Å². The molecule has 0 heterocycles. The molecule has 1 radical (unpaired) electrons. The van der Waals surface area contributed by atoms with Crippen LogP contribution in [0.1, 0.15) is 26.7 Å². The van der Waals surface area contributed by atoms with Crippen molar-refractivity contribution in [1.29, 1.82) is 0 Å². The van der Waals surface area contributed by atoms with Crippen LogP contribution in [-0.2, 0) is 0 Å². The second-order valence-corrected chi connectivity index (χ2v) is 2.97. The zero-order valence-corrected chi connectivity index (χ0v) is 5.91. The van der Waals surface area contributed by atoms with Crippen LogP contribution in [0, 0.1) is 0 Å². The molecule has 0 aliphatic heterocycles. The summed E-state index contributed by atoms with van der Waals surface area (Å²) in [5.74, 6) is 5.33. The molecule has 0 spiro atoms. The van der Waals surface area contributed by atoms with Gasteiger partial charge in [0.2, 0.25) is 0 Å². The molecular formula is C6H13S. The van der Waals surface area contributed by atoms with E-state index in [0.717, 1.165) is 11.4 Å². The predicted octanol–water partition coefficient (Wildman–Crippen LogP) is 1.95. The van der Waals surface area contributed by atoms with Crippen molar-refractivity contribution < 1.29 is 0 Å². The van der Waals surface area contributed by atoms with E-state index >= 15 is 0 Å². The van der Waals surface area contributed by atoms with E-state index in [1.807, 2.05) is 0 Å². The highest BCUT2D eigenvalue weighted by molar-refractivity contribution is 7.97. The van der Waals surface area contributed by atoms with Crippen molar-refractivity contribution in [2.24, 2.45) is 0 Å². The Bertz CT molecular complexity index is 50.1. The molecule has 0 aliphatic rings. The highest BCUT2D eigenvalue weighted by Gasteiger charge is 1.88. The molecule has 7 heavy (non-hydrogen) atoms. The summed E-state index contributed by atoms with van der Waals surface area (Å²) < 4.78 is 0. The summed E-state index contributed by atoms with van der Waals surface area (Å²) in [6.07, 6.45) is 2.52. The second kappa shape index (κ2) is 4.38. The molecule has 0 aliphatic carbocycles. The molecule has 0 N–H and O–H groups in total. The minimum Gasteiger partial charge on any atom is -0.197 e. The van der Waals surface area contributed by atoms with Crippen LogP contribution in [0.15, 0.2) is 0 Å². The summed E-state index contributed by atoms with van der Waals surface area (Å²) in [6.45, 7) is 4.35. The Balaban J connectivity index is 2.98. The molecule has 0 nitrogen and oxygen atoms in total. The molecule has 0 aromatic heterocycles. The number of hydrogen-bond acceptors (Lipinski definition) is 0. The lowest BCUT2D eigenvalue weighted by atomic mass is 10.3. The van der Waals surface area contributed by atoms with Gasteiger partial charge in [0.25, 0.3) is 0 Å². The summed E-state index contributed by atoms with van der Waals surface area (Å²) >= 11 is 1.04. The molecule has 1 atom stereocenters. The zero-order valence-electron chi connectivity index (χ0n) is 5.02. The van der Waals surface area contributed by atoms with Gasteiger partial charge in [0.15, 0.2) is 0 Å². The predicted molar refractivity (Wildman–Crippen MR) is 39.4 cm³/mol. The Hall–Kier alpha value is 0.220. The van der Waals surface area contributed by atoms with Gasteiger partial charge in [-0.1, -0.05) is 20.3 Å². The van der Waals surface area contributed by atoms with E-state index in [2.05, 4.69) is 13.8 Å². The Morgan fingerprint density at radius 3 is 2.43 bits per heavy atom. The first-order chi connectivity index (χ1) is 3.31. The van der Waals surface area contributed by atoms with Crippen LogP contribution < -0.4 is 0 Å². The maximum absolute atomic E-state index is 5.33. The topological polar surface area (TPSA) is 0 Å². The molecule has 0 saturated heterocycles. The van der Waals surface area contributed by atoms with Crippen LogP contribution in [0.3, 0.4) is 0 Å². The maximum atomic E-state index is 5.33. The van der Waals surface area contributed by atoms with Crippen molar-refractivity contribution in [3.8, 4) is 0 Å². The number of rotatable bonds is 3. The molecule has 1 heteroatoms. The van der Waals surface area contributed by atoms with Crippen LogP contribution in [-0.4, -0.2) is 11.1 Å². The zero-order chi connectivity index (χ0) is 5.70. The van der Waals surface area contributed by atoms with Gasteiger partial charge in [-0.25, -0.2) is 0 Å². The SMILES string of the molecule is [CH]=[SH]C(C)CCC. The van der Waals surface area contributed by atoms with Crippen molar-refractivity contribution >= 4 is 17.2 Å². The molecule has 0 saturated carbocycles. The van der Waals surface area contributed by atoms with Crippen molar-refractivity contribution in [1.82, 2.24) is 0 Å². The number of hydrogen-bond donors (Lipinski definition) is 1. The third-order valence-electron chi connectivity index (χ3n) is 0.961. The van der Waals surface area contributed by atoms with E-state index in [1.54, 1.807) is 0 Å². The molecule has 0 aromatic carbocycles. The standard InChI is InChI=1S/C6H13S/c1-4-5-6(2)7-3/h3,6-7H,4-5H2,1-2H3. The minimum absolute atomic E-state index is 0.699. The Labute approximate surface area is 49.9 Å². The fraction of sp³-hybridized carbons (Fsp3) is 0.833. The van der Waals surface area contributed by atoms with Crippen molar-refractivity contribution in [3.63, 3.8) is 0 Å². The monoisotopic (exact) mass is 117 g/mol.